The molecule has 1 saturated carbocycles. The fraction of sp³-hybridized carbons (Fsp3) is 0.550. The van der Waals surface area contributed by atoms with Crippen LogP contribution in [0, 0.1) is 5.92 Å². The van der Waals surface area contributed by atoms with E-state index in [1.54, 1.807) is 18.3 Å². The number of fused-ring (bicyclic) bond motifs is 1. The topological polar surface area (TPSA) is 107 Å². The molecular formula is C20H28N4O3. The van der Waals surface area contributed by atoms with Crippen molar-refractivity contribution in [2.45, 2.75) is 57.7 Å². The standard InChI is InChI=1S/C20H28N4O3/c1-12(2)17(11-25)23-19(27)16-5-3-4-13-10-21-20(24-18(13)16)22-14-6-8-15(26)9-7-14/h3-5,10,12,14-15,17,25-26H,6-9,11H2,1-2H3,(H,23,27)(H,21,22,24)/t14-,15-,17-/m1/s1. The van der Waals surface area contributed by atoms with Gasteiger partial charge in [-0.2, -0.15) is 0 Å². The summed E-state index contributed by atoms with van der Waals surface area (Å²) in [5.74, 6) is 0.368. The fourth-order valence-electron chi connectivity index (χ4n) is 3.38. The molecule has 146 valence electrons. The Bertz CT molecular complexity index is 788. The van der Waals surface area contributed by atoms with Crippen molar-refractivity contribution in [3.05, 3.63) is 30.0 Å². The summed E-state index contributed by atoms with van der Waals surface area (Å²) in [6.07, 6.45) is 4.80. The first kappa shape index (κ1) is 19.5. The third kappa shape index (κ3) is 4.73. The lowest BCUT2D eigenvalue weighted by Gasteiger charge is -2.26. The number of nitrogens with zero attached hydrogens (tertiary/aromatic N) is 2. The number of anilines is 1. The average molecular weight is 372 g/mol. The molecule has 3 rings (SSSR count). The van der Waals surface area contributed by atoms with Crippen LogP contribution in [0.5, 0.6) is 0 Å². The predicted molar refractivity (Wildman–Crippen MR) is 105 cm³/mol. The van der Waals surface area contributed by atoms with Gasteiger partial charge < -0.3 is 20.8 Å². The van der Waals surface area contributed by atoms with Gasteiger partial charge in [-0.05, 0) is 37.7 Å². The lowest BCUT2D eigenvalue weighted by molar-refractivity contribution is 0.0898. The van der Waals surface area contributed by atoms with Crippen LogP contribution in [0.2, 0.25) is 0 Å². The first-order valence-electron chi connectivity index (χ1n) is 9.60. The average Bonchev–Trinajstić information content (AvgIpc) is 2.67. The summed E-state index contributed by atoms with van der Waals surface area (Å²) in [4.78, 5) is 21.7. The molecule has 0 bridgehead atoms. The van der Waals surface area contributed by atoms with Crippen molar-refractivity contribution in [1.29, 1.82) is 0 Å². The van der Waals surface area contributed by atoms with Gasteiger partial charge in [0.1, 0.15) is 0 Å². The summed E-state index contributed by atoms with van der Waals surface area (Å²) in [7, 11) is 0. The molecule has 4 N–H and O–H groups in total. The van der Waals surface area contributed by atoms with Crippen molar-refractivity contribution in [3.8, 4) is 0 Å². The monoisotopic (exact) mass is 372 g/mol. The zero-order valence-corrected chi connectivity index (χ0v) is 15.9. The maximum atomic E-state index is 12.7. The molecule has 0 unspecified atom stereocenters. The second kappa shape index (κ2) is 8.63. The van der Waals surface area contributed by atoms with Crippen LogP contribution >= 0.6 is 0 Å². The molecule has 0 radical (unpaired) electrons. The van der Waals surface area contributed by atoms with Crippen molar-refractivity contribution in [1.82, 2.24) is 15.3 Å². The molecule has 0 aliphatic heterocycles. The second-order valence-electron chi connectivity index (χ2n) is 7.59. The Morgan fingerprint density at radius 1 is 1.26 bits per heavy atom. The maximum absolute atomic E-state index is 12.7. The zero-order valence-electron chi connectivity index (χ0n) is 15.9. The van der Waals surface area contributed by atoms with Crippen molar-refractivity contribution in [3.63, 3.8) is 0 Å². The van der Waals surface area contributed by atoms with Crippen molar-refractivity contribution in [2.75, 3.05) is 11.9 Å². The minimum absolute atomic E-state index is 0.108. The molecule has 1 aromatic heterocycles. The summed E-state index contributed by atoms with van der Waals surface area (Å²) in [5.41, 5.74) is 1.06. The van der Waals surface area contributed by atoms with E-state index in [0.717, 1.165) is 31.1 Å². The van der Waals surface area contributed by atoms with Gasteiger partial charge in [-0.1, -0.05) is 26.0 Å². The third-order valence-electron chi connectivity index (χ3n) is 5.20. The van der Waals surface area contributed by atoms with E-state index in [-0.39, 0.29) is 36.6 Å². The Labute approximate surface area is 159 Å². The molecule has 1 aliphatic carbocycles. The van der Waals surface area contributed by atoms with Crippen LogP contribution in [0.25, 0.3) is 10.9 Å². The van der Waals surface area contributed by atoms with E-state index in [4.69, 9.17) is 0 Å². The van der Waals surface area contributed by atoms with Crippen LogP contribution in [0.1, 0.15) is 49.9 Å². The Morgan fingerprint density at radius 3 is 2.67 bits per heavy atom. The number of aliphatic hydroxyl groups is 2. The van der Waals surface area contributed by atoms with Crippen LogP contribution in [-0.2, 0) is 0 Å². The Kier molecular flexibility index (Phi) is 6.23. The van der Waals surface area contributed by atoms with Gasteiger partial charge >= 0.3 is 0 Å². The van der Waals surface area contributed by atoms with E-state index in [0.29, 0.717) is 17.0 Å². The summed E-state index contributed by atoms with van der Waals surface area (Å²) in [6.45, 7) is 3.80. The maximum Gasteiger partial charge on any atom is 0.253 e. The molecule has 7 heteroatoms. The third-order valence-corrected chi connectivity index (χ3v) is 5.20. The molecule has 2 aromatic rings. The second-order valence-corrected chi connectivity index (χ2v) is 7.59. The number of carbonyl (C=O) groups is 1. The molecule has 27 heavy (non-hydrogen) atoms. The molecular weight excluding hydrogens is 344 g/mol. The number of para-hydroxylation sites is 1. The number of carbonyl (C=O) groups excluding carboxylic acids is 1. The van der Waals surface area contributed by atoms with E-state index < -0.39 is 0 Å². The molecule has 0 spiro atoms. The van der Waals surface area contributed by atoms with Gasteiger partial charge in [-0.3, -0.25) is 4.79 Å². The Morgan fingerprint density at radius 2 is 2.00 bits per heavy atom. The summed E-state index contributed by atoms with van der Waals surface area (Å²) in [6, 6.07) is 5.34. The lowest BCUT2D eigenvalue weighted by atomic mass is 9.93. The highest BCUT2D eigenvalue weighted by Crippen LogP contribution is 2.23. The highest BCUT2D eigenvalue weighted by molar-refractivity contribution is 6.05. The number of aromatic nitrogens is 2. The minimum Gasteiger partial charge on any atom is -0.394 e. The molecule has 7 nitrogen and oxygen atoms in total. The van der Waals surface area contributed by atoms with Gasteiger partial charge in [0.25, 0.3) is 5.91 Å². The van der Waals surface area contributed by atoms with Crippen molar-refractivity contribution >= 4 is 22.8 Å². The zero-order chi connectivity index (χ0) is 19.4. The number of amides is 1. The Hall–Kier alpha value is -2.25. The van der Waals surface area contributed by atoms with Gasteiger partial charge in [0.05, 0.1) is 29.8 Å². The minimum atomic E-state index is -0.305. The number of rotatable bonds is 6. The normalized spacial score (nSPS) is 21.2. The molecule has 1 heterocycles. The van der Waals surface area contributed by atoms with E-state index in [2.05, 4.69) is 20.6 Å². The number of aliphatic hydroxyl groups excluding tert-OH is 2. The summed E-state index contributed by atoms with van der Waals surface area (Å²) in [5, 5.41) is 26.1. The number of hydrogen-bond donors (Lipinski definition) is 4. The van der Waals surface area contributed by atoms with E-state index in [1.807, 2.05) is 19.9 Å². The van der Waals surface area contributed by atoms with Crippen LogP contribution in [-0.4, -0.2) is 50.9 Å². The Balaban J connectivity index is 1.82. The molecule has 1 atom stereocenters. The largest absolute Gasteiger partial charge is 0.394 e. The van der Waals surface area contributed by atoms with Crippen LogP contribution in [0.3, 0.4) is 0 Å². The van der Waals surface area contributed by atoms with Gasteiger partial charge in [0.2, 0.25) is 5.95 Å². The fourth-order valence-corrected chi connectivity index (χ4v) is 3.38. The van der Waals surface area contributed by atoms with Gasteiger partial charge in [0, 0.05) is 17.6 Å². The van der Waals surface area contributed by atoms with E-state index >= 15 is 0 Å². The summed E-state index contributed by atoms with van der Waals surface area (Å²) < 4.78 is 0. The van der Waals surface area contributed by atoms with Crippen molar-refractivity contribution in [2.24, 2.45) is 5.92 Å². The first-order valence-corrected chi connectivity index (χ1v) is 9.60. The first-order chi connectivity index (χ1) is 13.0. The molecule has 1 aliphatic rings. The number of hydrogen-bond acceptors (Lipinski definition) is 6. The molecule has 0 saturated heterocycles. The van der Waals surface area contributed by atoms with Crippen LogP contribution in [0.15, 0.2) is 24.4 Å². The van der Waals surface area contributed by atoms with Crippen molar-refractivity contribution < 1.29 is 15.0 Å². The van der Waals surface area contributed by atoms with E-state index in [1.165, 1.54) is 0 Å². The van der Waals surface area contributed by atoms with Crippen LogP contribution < -0.4 is 10.6 Å². The van der Waals surface area contributed by atoms with Gasteiger partial charge in [-0.25, -0.2) is 9.97 Å². The quantitative estimate of drug-likeness (QED) is 0.618. The molecule has 1 aromatic carbocycles. The van der Waals surface area contributed by atoms with Gasteiger partial charge in [0.15, 0.2) is 0 Å². The highest BCUT2D eigenvalue weighted by Gasteiger charge is 2.21. The molecule has 1 fully saturated rings. The number of benzene rings is 1. The predicted octanol–water partition coefficient (Wildman–Crippen LogP) is 2.09. The SMILES string of the molecule is CC(C)[C@@H](CO)NC(=O)c1cccc2cnc(N[C@H]3CC[C@H](O)CC3)nc12. The summed E-state index contributed by atoms with van der Waals surface area (Å²) >= 11 is 0. The van der Waals surface area contributed by atoms with Gasteiger partial charge in [-0.15, -0.1) is 0 Å². The molecule has 1 amide bonds. The smallest absolute Gasteiger partial charge is 0.253 e. The lowest BCUT2D eigenvalue weighted by Crippen LogP contribution is -2.41. The highest BCUT2D eigenvalue weighted by atomic mass is 16.3. The van der Waals surface area contributed by atoms with E-state index in [9.17, 15) is 15.0 Å². The number of nitrogens with one attached hydrogen (secondary N) is 2. The van der Waals surface area contributed by atoms with Crippen LogP contribution in [0.4, 0.5) is 5.95 Å².